The van der Waals surface area contributed by atoms with Crippen LogP contribution < -0.4 is 19.9 Å². The number of nitrogens with two attached hydrogens (primary N) is 1. The quantitative estimate of drug-likeness (QED) is 0.870. The highest BCUT2D eigenvalue weighted by atomic mass is 35.5. The fourth-order valence-electron chi connectivity index (χ4n) is 2.21. The van der Waals surface area contributed by atoms with Crippen molar-refractivity contribution in [2.75, 3.05) is 14.2 Å². The molecule has 0 aromatic heterocycles. The van der Waals surface area contributed by atoms with Gasteiger partial charge in [0.05, 0.1) is 20.3 Å². The molecule has 2 N–H and O–H groups in total. The van der Waals surface area contributed by atoms with Crippen molar-refractivity contribution >= 4 is 12.4 Å². The van der Waals surface area contributed by atoms with Gasteiger partial charge < -0.3 is 19.9 Å². The van der Waals surface area contributed by atoms with Crippen LogP contribution in [0.5, 0.6) is 17.2 Å². The third kappa shape index (κ3) is 4.69. The average molecular weight is 364 g/mol. The molecule has 0 fully saturated rings. The molecule has 0 aliphatic heterocycles. The topological polar surface area (TPSA) is 53.7 Å². The molecule has 24 heavy (non-hydrogen) atoms. The Morgan fingerprint density at radius 1 is 0.958 bits per heavy atom. The first kappa shape index (κ1) is 19.9. The van der Waals surface area contributed by atoms with Crippen molar-refractivity contribution in [2.45, 2.75) is 12.4 Å². The van der Waals surface area contributed by atoms with Crippen LogP contribution in [-0.4, -0.2) is 20.6 Å². The van der Waals surface area contributed by atoms with E-state index in [1.54, 1.807) is 18.2 Å². The van der Waals surface area contributed by atoms with Crippen molar-refractivity contribution in [2.24, 2.45) is 5.73 Å². The highest BCUT2D eigenvalue weighted by Gasteiger charge is 2.31. The lowest BCUT2D eigenvalue weighted by atomic mass is 9.98. The molecule has 0 aliphatic carbocycles. The lowest BCUT2D eigenvalue weighted by Gasteiger charge is -2.18. The number of methoxy groups -OCH3 is 2. The van der Waals surface area contributed by atoms with Crippen molar-refractivity contribution in [3.63, 3.8) is 0 Å². The zero-order valence-corrected chi connectivity index (χ0v) is 13.8. The first-order valence-corrected chi connectivity index (χ1v) is 6.68. The molecule has 0 saturated carbocycles. The van der Waals surface area contributed by atoms with E-state index in [0.717, 1.165) is 0 Å². The maximum Gasteiger partial charge on any atom is 0.573 e. The van der Waals surface area contributed by atoms with Gasteiger partial charge in [0.1, 0.15) is 5.75 Å². The van der Waals surface area contributed by atoms with Crippen LogP contribution in [0.1, 0.15) is 17.2 Å². The van der Waals surface area contributed by atoms with Gasteiger partial charge >= 0.3 is 6.36 Å². The summed E-state index contributed by atoms with van der Waals surface area (Å²) in [6.07, 6.45) is -4.72. The summed E-state index contributed by atoms with van der Waals surface area (Å²) >= 11 is 0. The minimum atomic E-state index is -4.72. The number of alkyl halides is 3. The Kier molecular flexibility index (Phi) is 6.74. The predicted molar refractivity (Wildman–Crippen MR) is 85.9 cm³/mol. The van der Waals surface area contributed by atoms with Crippen LogP contribution in [0.2, 0.25) is 0 Å². The molecule has 0 spiro atoms. The molecule has 4 nitrogen and oxygen atoms in total. The van der Waals surface area contributed by atoms with Crippen LogP contribution in [0.25, 0.3) is 0 Å². The van der Waals surface area contributed by atoms with Gasteiger partial charge in [0.25, 0.3) is 0 Å². The molecule has 2 aromatic rings. The van der Waals surface area contributed by atoms with E-state index in [4.69, 9.17) is 15.2 Å². The van der Waals surface area contributed by atoms with Crippen molar-refractivity contribution < 1.29 is 27.4 Å². The minimum Gasteiger partial charge on any atom is -0.493 e. The smallest absolute Gasteiger partial charge is 0.493 e. The summed E-state index contributed by atoms with van der Waals surface area (Å²) in [5.41, 5.74) is 7.48. The van der Waals surface area contributed by atoms with Crippen LogP contribution in [0, 0.1) is 0 Å². The SMILES string of the molecule is COc1cccc([C@@H](N)c2ccc(OC(F)(F)F)cc2)c1OC.Cl. The molecule has 0 saturated heterocycles. The highest BCUT2D eigenvalue weighted by molar-refractivity contribution is 5.85. The van der Waals surface area contributed by atoms with E-state index >= 15 is 0 Å². The Balaban J connectivity index is 0.00000288. The van der Waals surface area contributed by atoms with E-state index in [-0.39, 0.29) is 18.2 Å². The van der Waals surface area contributed by atoms with Crippen LogP contribution in [0.15, 0.2) is 42.5 Å². The highest BCUT2D eigenvalue weighted by Crippen LogP contribution is 2.36. The second-order valence-electron chi connectivity index (χ2n) is 4.68. The monoisotopic (exact) mass is 363 g/mol. The molecule has 0 heterocycles. The van der Waals surface area contributed by atoms with Crippen molar-refractivity contribution in [3.8, 4) is 17.2 Å². The molecule has 2 rings (SSSR count). The van der Waals surface area contributed by atoms with E-state index in [1.807, 2.05) is 0 Å². The first-order valence-electron chi connectivity index (χ1n) is 6.68. The van der Waals surface area contributed by atoms with Gasteiger partial charge in [-0.2, -0.15) is 0 Å². The fourth-order valence-corrected chi connectivity index (χ4v) is 2.21. The first-order chi connectivity index (χ1) is 10.9. The Morgan fingerprint density at radius 3 is 2.08 bits per heavy atom. The molecular formula is C16H17ClF3NO3. The van der Waals surface area contributed by atoms with Crippen LogP contribution in [0.4, 0.5) is 13.2 Å². The van der Waals surface area contributed by atoms with E-state index in [2.05, 4.69) is 4.74 Å². The molecule has 132 valence electrons. The molecule has 0 unspecified atom stereocenters. The molecule has 8 heteroatoms. The van der Waals surface area contributed by atoms with Crippen molar-refractivity contribution in [1.82, 2.24) is 0 Å². The summed E-state index contributed by atoms with van der Waals surface area (Å²) in [6, 6.07) is 10.1. The van der Waals surface area contributed by atoms with Crippen LogP contribution >= 0.6 is 12.4 Å². The predicted octanol–water partition coefficient (Wildman–Crippen LogP) is 4.07. The normalized spacial score (nSPS) is 12.1. The zero-order chi connectivity index (χ0) is 17.0. The van der Waals surface area contributed by atoms with Crippen LogP contribution in [0.3, 0.4) is 0 Å². The summed E-state index contributed by atoms with van der Waals surface area (Å²) in [7, 11) is 3.00. The van der Waals surface area contributed by atoms with E-state index in [1.165, 1.54) is 38.5 Å². The van der Waals surface area contributed by atoms with Gasteiger partial charge in [-0.1, -0.05) is 24.3 Å². The zero-order valence-electron chi connectivity index (χ0n) is 13.0. The Bertz CT molecular complexity index is 663. The van der Waals surface area contributed by atoms with Gasteiger partial charge in [-0.3, -0.25) is 0 Å². The minimum absolute atomic E-state index is 0. The number of rotatable bonds is 5. The Morgan fingerprint density at radius 2 is 1.58 bits per heavy atom. The number of halogens is 4. The molecule has 0 amide bonds. The Labute approximate surface area is 143 Å². The third-order valence-electron chi connectivity index (χ3n) is 3.24. The lowest BCUT2D eigenvalue weighted by molar-refractivity contribution is -0.274. The molecular weight excluding hydrogens is 347 g/mol. The largest absolute Gasteiger partial charge is 0.573 e. The number of ether oxygens (including phenoxy) is 3. The van der Waals surface area contributed by atoms with Gasteiger partial charge in [-0.15, -0.1) is 25.6 Å². The van der Waals surface area contributed by atoms with E-state index < -0.39 is 12.4 Å². The van der Waals surface area contributed by atoms with Gasteiger partial charge in [0.15, 0.2) is 11.5 Å². The average Bonchev–Trinajstić information content (AvgIpc) is 2.52. The maximum absolute atomic E-state index is 12.2. The summed E-state index contributed by atoms with van der Waals surface area (Å²) in [5.74, 6) is 0.710. The van der Waals surface area contributed by atoms with E-state index in [0.29, 0.717) is 22.6 Å². The molecule has 0 bridgehead atoms. The van der Waals surface area contributed by atoms with Crippen LogP contribution in [-0.2, 0) is 0 Å². The summed E-state index contributed by atoms with van der Waals surface area (Å²) in [5, 5.41) is 0. The lowest BCUT2D eigenvalue weighted by Crippen LogP contribution is -2.17. The van der Waals surface area contributed by atoms with Crippen molar-refractivity contribution in [1.29, 1.82) is 0 Å². The molecule has 1 atom stereocenters. The molecule has 2 aromatic carbocycles. The summed E-state index contributed by atoms with van der Waals surface area (Å²) < 4.78 is 50.9. The standard InChI is InChI=1S/C16H16F3NO3.ClH/c1-21-13-5-3-4-12(15(13)22-2)14(20)10-6-8-11(9-7-10)23-16(17,18)19;/h3-9,14H,20H2,1-2H3;1H/t14-;/m0./s1. The van der Waals surface area contributed by atoms with E-state index in [9.17, 15) is 13.2 Å². The number of para-hydroxylation sites is 1. The number of benzene rings is 2. The number of hydrogen-bond acceptors (Lipinski definition) is 4. The fraction of sp³-hybridized carbons (Fsp3) is 0.250. The van der Waals surface area contributed by atoms with Crippen molar-refractivity contribution in [3.05, 3.63) is 53.6 Å². The van der Waals surface area contributed by atoms with Gasteiger partial charge in [0, 0.05) is 5.56 Å². The third-order valence-corrected chi connectivity index (χ3v) is 3.24. The maximum atomic E-state index is 12.2. The second-order valence-corrected chi connectivity index (χ2v) is 4.68. The second kappa shape index (κ2) is 8.12. The summed E-state index contributed by atoms with van der Waals surface area (Å²) in [6.45, 7) is 0. The molecule has 0 radical (unpaired) electrons. The molecule has 0 aliphatic rings. The number of hydrogen-bond donors (Lipinski definition) is 1. The van der Waals surface area contributed by atoms with Gasteiger partial charge in [0.2, 0.25) is 0 Å². The van der Waals surface area contributed by atoms with Gasteiger partial charge in [-0.05, 0) is 23.8 Å². The summed E-state index contributed by atoms with van der Waals surface area (Å²) in [4.78, 5) is 0. The Hall–Kier alpha value is -2.12. The van der Waals surface area contributed by atoms with Gasteiger partial charge in [-0.25, -0.2) is 0 Å².